The lowest BCUT2D eigenvalue weighted by molar-refractivity contribution is 0.341. The fourth-order valence-electron chi connectivity index (χ4n) is 2.54. The third kappa shape index (κ3) is 2.67. The zero-order chi connectivity index (χ0) is 15.5. The van der Waals surface area contributed by atoms with Gasteiger partial charge in [0.1, 0.15) is 11.4 Å². The number of hydrogen-bond acceptors (Lipinski definition) is 3. The maximum Gasteiger partial charge on any atom is 0.137 e. The monoisotopic (exact) mass is 311 g/mol. The predicted octanol–water partition coefficient (Wildman–Crippen LogP) is 3.23. The Bertz CT molecular complexity index is 826. The van der Waals surface area contributed by atoms with E-state index in [2.05, 4.69) is 0 Å². The normalized spacial score (nSPS) is 10.8. The van der Waals surface area contributed by atoms with Gasteiger partial charge in [0.05, 0.1) is 23.0 Å². The first-order valence-electron chi connectivity index (χ1n) is 7.17. The third-order valence-electron chi connectivity index (χ3n) is 3.41. The maximum absolute atomic E-state index is 5.78. The molecule has 5 heteroatoms. The van der Waals surface area contributed by atoms with Gasteiger partial charge in [-0.3, -0.25) is 0 Å². The van der Waals surface area contributed by atoms with E-state index >= 15 is 0 Å². The number of para-hydroxylation sites is 1. The maximum atomic E-state index is 5.78. The molecule has 0 radical (unpaired) electrons. The number of fused-ring (bicyclic) bond motifs is 1. The van der Waals surface area contributed by atoms with Gasteiger partial charge in [-0.15, -0.1) is 0 Å². The van der Waals surface area contributed by atoms with E-state index in [0.717, 1.165) is 28.3 Å². The van der Waals surface area contributed by atoms with Crippen LogP contribution in [0.15, 0.2) is 48.7 Å². The van der Waals surface area contributed by atoms with Crippen LogP contribution in [0.25, 0.3) is 16.9 Å². The number of hydrogen-bond donors (Lipinski definition) is 1. The third-order valence-corrected chi connectivity index (χ3v) is 3.56. The van der Waals surface area contributed by atoms with E-state index in [1.807, 2.05) is 60.0 Å². The number of benzene rings is 1. The molecular formula is C17H17N3OS. The average molecular weight is 311 g/mol. The van der Waals surface area contributed by atoms with Crippen LogP contribution in [0, 0.1) is 0 Å². The molecule has 22 heavy (non-hydrogen) atoms. The largest absolute Gasteiger partial charge is 0.493 e. The van der Waals surface area contributed by atoms with E-state index in [1.54, 1.807) is 0 Å². The molecule has 2 N–H and O–H groups in total. The molecule has 0 amide bonds. The first-order chi connectivity index (χ1) is 10.7. The van der Waals surface area contributed by atoms with E-state index in [4.69, 9.17) is 27.7 Å². The molecule has 4 nitrogen and oxygen atoms in total. The number of ether oxygens (including phenoxy) is 1. The predicted molar refractivity (Wildman–Crippen MR) is 92.3 cm³/mol. The Kier molecular flexibility index (Phi) is 4.06. The van der Waals surface area contributed by atoms with E-state index < -0.39 is 0 Å². The van der Waals surface area contributed by atoms with Gasteiger partial charge in [0.15, 0.2) is 0 Å². The molecule has 0 bridgehead atoms. The first-order valence-corrected chi connectivity index (χ1v) is 7.58. The van der Waals surface area contributed by atoms with Gasteiger partial charge in [0.2, 0.25) is 0 Å². The molecule has 0 fully saturated rings. The fraction of sp³-hybridized carbons (Fsp3) is 0.176. The summed E-state index contributed by atoms with van der Waals surface area (Å²) in [7, 11) is 0. The van der Waals surface area contributed by atoms with Crippen molar-refractivity contribution in [1.29, 1.82) is 0 Å². The molecule has 0 aliphatic rings. The highest BCUT2D eigenvalue weighted by atomic mass is 32.1. The molecule has 2 heterocycles. The van der Waals surface area contributed by atoms with Gasteiger partial charge >= 0.3 is 0 Å². The lowest BCUT2D eigenvalue weighted by Gasteiger charge is -2.10. The standard InChI is InChI=1S/C17H17N3OS/c1-2-21-14-8-4-3-7-12(14)17-13(11-15(18)22)20-10-6-5-9-16(20)19-17/h3-10H,2,11H2,1H3,(H2,18,22). The number of aromatic nitrogens is 2. The van der Waals surface area contributed by atoms with Gasteiger partial charge in [0.25, 0.3) is 0 Å². The van der Waals surface area contributed by atoms with Crippen molar-refractivity contribution in [3.63, 3.8) is 0 Å². The summed E-state index contributed by atoms with van der Waals surface area (Å²) >= 11 is 5.11. The van der Waals surface area contributed by atoms with E-state index in [-0.39, 0.29) is 0 Å². The second-order valence-electron chi connectivity index (χ2n) is 4.91. The smallest absolute Gasteiger partial charge is 0.137 e. The summed E-state index contributed by atoms with van der Waals surface area (Å²) in [6.45, 7) is 2.57. The van der Waals surface area contributed by atoms with Crippen molar-refractivity contribution < 1.29 is 4.74 Å². The van der Waals surface area contributed by atoms with Crippen molar-refractivity contribution in [2.45, 2.75) is 13.3 Å². The van der Waals surface area contributed by atoms with Crippen molar-refractivity contribution in [2.24, 2.45) is 5.73 Å². The van der Waals surface area contributed by atoms with Gasteiger partial charge in [-0.05, 0) is 31.2 Å². The van der Waals surface area contributed by atoms with Gasteiger partial charge < -0.3 is 14.9 Å². The van der Waals surface area contributed by atoms with Crippen molar-refractivity contribution in [3.8, 4) is 17.0 Å². The van der Waals surface area contributed by atoms with Crippen LogP contribution in [0.3, 0.4) is 0 Å². The summed E-state index contributed by atoms with van der Waals surface area (Å²) in [5, 5.41) is 0. The fourth-order valence-corrected chi connectivity index (χ4v) is 2.68. The van der Waals surface area contributed by atoms with Crippen LogP contribution >= 0.6 is 12.2 Å². The molecule has 3 rings (SSSR count). The Morgan fingerprint density at radius 3 is 2.77 bits per heavy atom. The quantitative estimate of drug-likeness (QED) is 0.735. The van der Waals surface area contributed by atoms with Crippen LogP contribution in [0.2, 0.25) is 0 Å². The summed E-state index contributed by atoms with van der Waals surface area (Å²) < 4.78 is 7.76. The minimum Gasteiger partial charge on any atom is -0.493 e. The van der Waals surface area contributed by atoms with Crippen molar-refractivity contribution in [1.82, 2.24) is 9.38 Å². The second kappa shape index (κ2) is 6.15. The number of imidazole rings is 1. The Balaban J connectivity index is 2.24. The van der Waals surface area contributed by atoms with E-state index in [1.165, 1.54) is 0 Å². The molecule has 0 aliphatic carbocycles. The Labute approximate surface area is 134 Å². The average Bonchev–Trinajstić information content (AvgIpc) is 2.86. The van der Waals surface area contributed by atoms with Gasteiger partial charge in [-0.1, -0.05) is 30.4 Å². The second-order valence-corrected chi connectivity index (χ2v) is 5.43. The summed E-state index contributed by atoms with van der Waals surface area (Å²) in [5.74, 6) is 0.817. The number of nitrogens with zero attached hydrogens (tertiary/aromatic N) is 2. The molecule has 0 unspecified atom stereocenters. The molecule has 0 saturated heterocycles. The first kappa shape index (κ1) is 14.5. The molecule has 0 spiro atoms. The number of nitrogens with two attached hydrogens (primary N) is 1. The number of rotatable bonds is 5. The molecular weight excluding hydrogens is 294 g/mol. The molecule has 3 aromatic rings. The number of pyridine rings is 1. The topological polar surface area (TPSA) is 52.5 Å². The molecule has 112 valence electrons. The number of thiocarbonyl (C=S) groups is 1. The van der Waals surface area contributed by atoms with Crippen molar-refractivity contribution >= 4 is 22.9 Å². The van der Waals surface area contributed by atoms with Crippen LogP contribution in [-0.4, -0.2) is 21.0 Å². The SMILES string of the molecule is CCOc1ccccc1-c1nc2ccccn2c1CC(N)=S. The zero-order valence-corrected chi connectivity index (χ0v) is 13.1. The van der Waals surface area contributed by atoms with Crippen LogP contribution in [0.1, 0.15) is 12.6 Å². The Morgan fingerprint density at radius 1 is 1.23 bits per heavy atom. The lowest BCUT2D eigenvalue weighted by Crippen LogP contribution is -2.13. The summed E-state index contributed by atoms with van der Waals surface area (Å²) in [5.41, 5.74) is 9.45. The van der Waals surface area contributed by atoms with E-state index in [9.17, 15) is 0 Å². The lowest BCUT2D eigenvalue weighted by atomic mass is 10.1. The van der Waals surface area contributed by atoms with Crippen molar-refractivity contribution in [3.05, 3.63) is 54.4 Å². The van der Waals surface area contributed by atoms with Gasteiger partial charge in [-0.25, -0.2) is 4.98 Å². The minimum absolute atomic E-state index is 0.445. The zero-order valence-electron chi connectivity index (χ0n) is 12.3. The van der Waals surface area contributed by atoms with E-state index in [0.29, 0.717) is 18.0 Å². The van der Waals surface area contributed by atoms with Gasteiger partial charge in [-0.2, -0.15) is 0 Å². The summed E-state index contributed by atoms with van der Waals surface area (Å²) in [6, 6.07) is 13.8. The highest BCUT2D eigenvalue weighted by molar-refractivity contribution is 7.80. The van der Waals surface area contributed by atoms with Crippen LogP contribution in [0.4, 0.5) is 0 Å². The summed E-state index contributed by atoms with van der Waals surface area (Å²) in [6.07, 6.45) is 2.47. The molecule has 0 atom stereocenters. The Hall–Kier alpha value is -2.40. The molecule has 0 aliphatic heterocycles. The Morgan fingerprint density at radius 2 is 2.00 bits per heavy atom. The summed E-state index contributed by atoms with van der Waals surface area (Å²) in [4.78, 5) is 5.19. The van der Waals surface area contributed by atoms with Crippen LogP contribution < -0.4 is 10.5 Å². The molecule has 2 aromatic heterocycles. The van der Waals surface area contributed by atoms with Crippen molar-refractivity contribution in [2.75, 3.05) is 6.61 Å². The van der Waals surface area contributed by atoms with Gasteiger partial charge in [0, 0.05) is 18.2 Å². The minimum atomic E-state index is 0.445. The van der Waals surface area contributed by atoms with Crippen LogP contribution in [-0.2, 0) is 6.42 Å². The molecule has 0 saturated carbocycles. The molecule has 1 aromatic carbocycles. The highest BCUT2D eigenvalue weighted by Gasteiger charge is 2.17. The van der Waals surface area contributed by atoms with Crippen LogP contribution in [0.5, 0.6) is 5.75 Å². The highest BCUT2D eigenvalue weighted by Crippen LogP contribution is 2.32.